The van der Waals surface area contributed by atoms with Crippen LogP contribution in [0.2, 0.25) is 0 Å². The lowest BCUT2D eigenvalue weighted by molar-refractivity contribution is 0.0734. The number of anilines is 1. The van der Waals surface area contributed by atoms with Gasteiger partial charge in [-0.1, -0.05) is 12.1 Å². The van der Waals surface area contributed by atoms with E-state index in [2.05, 4.69) is 6.07 Å². The Bertz CT molecular complexity index is 1070. The molecule has 0 bridgehead atoms. The number of benzene rings is 3. The van der Waals surface area contributed by atoms with Crippen molar-refractivity contribution >= 4 is 28.5 Å². The van der Waals surface area contributed by atoms with E-state index in [4.69, 9.17) is 14.2 Å². The molecule has 1 aliphatic rings. The summed E-state index contributed by atoms with van der Waals surface area (Å²) in [6.07, 6.45) is 3.82. The number of hydrogen-bond acceptors (Lipinski definition) is 5. The molecule has 0 unspecified atom stereocenters. The van der Waals surface area contributed by atoms with Gasteiger partial charge in [0.2, 0.25) is 0 Å². The fourth-order valence-corrected chi connectivity index (χ4v) is 3.24. The Labute approximate surface area is 163 Å². The second kappa shape index (κ2) is 7.27. The van der Waals surface area contributed by atoms with Crippen molar-refractivity contribution < 1.29 is 19.0 Å². The summed E-state index contributed by atoms with van der Waals surface area (Å²) < 4.78 is 16.6. The molecule has 0 fully saturated rings. The normalized spacial score (nSPS) is 12.2. The summed E-state index contributed by atoms with van der Waals surface area (Å²) in [5, 5.41) is 1.91. The predicted molar refractivity (Wildman–Crippen MR) is 111 cm³/mol. The highest BCUT2D eigenvalue weighted by Crippen LogP contribution is 2.38. The fourth-order valence-electron chi connectivity index (χ4n) is 3.24. The second-order valence-electron chi connectivity index (χ2n) is 6.75. The molecule has 3 aromatic carbocycles. The molecule has 3 aromatic rings. The minimum atomic E-state index is -0.421. The molecule has 5 heteroatoms. The summed E-state index contributed by atoms with van der Waals surface area (Å²) in [5.41, 5.74) is 2.29. The molecule has 0 aromatic heterocycles. The molecule has 4 rings (SSSR count). The first-order valence-corrected chi connectivity index (χ1v) is 9.00. The molecule has 0 radical (unpaired) electrons. The van der Waals surface area contributed by atoms with E-state index in [-0.39, 0.29) is 0 Å². The Morgan fingerprint density at radius 3 is 2.50 bits per heavy atom. The van der Waals surface area contributed by atoms with Crippen LogP contribution < -0.4 is 19.1 Å². The van der Waals surface area contributed by atoms with Crippen molar-refractivity contribution in [2.75, 3.05) is 32.7 Å². The molecule has 0 saturated carbocycles. The first-order valence-electron chi connectivity index (χ1n) is 9.00. The number of methoxy groups -OCH3 is 1. The lowest BCUT2D eigenvalue weighted by Gasteiger charge is -2.20. The van der Waals surface area contributed by atoms with E-state index in [9.17, 15) is 4.79 Å². The number of carbonyl (C=O) groups excluding carboxylic acids is 1. The van der Waals surface area contributed by atoms with Crippen molar-refractivity contribution in [1.29, 1.82) is 0 Å². The van der Waals surface area contributed by atoms with Gasteiger partial charge < -0.3 is 19.1 Å². The monoisotopic (exact) mass is 375 g/mol. The average molecular weight is 375 g/mol. The number of fused-ring (bicyclic) bond motifs is 3. The van der Waals surface area contributed by atoms with Crippen molar-refractivity contribution in [2.45, 2.75) is 0 Å². The molecule has 0 saturated heterocycles. The van der Waals surface area contributed by atoms with Crippen molar-refractivity contribution in [3.63, 3.8) is 0 Å². The number of ether oxygens (including phenoxy) is 3. The van der Waals surface area contributed by atoms with Gasteiger partial charge in [0, 0.05) is 30.7 Å². The number of esters is 1. The first kappa shape index (κ1) is 17.9. The van der Waals surface area contributed by atoms with Crippen molar-refractivity contribution in [1.82, 2.24) is 0 Å². The molecular formula is C23H21NO4. The summed E-state index contributed by atoms with van der Waals surface area (Å²) in [6, 6.07) is 14.9. The molecule has 0 aliphatic carbocycles. The predicted octanol–water partition coefficient (Wildman–Crippen LogP) is 4.54. The van der Waals surface area contributed by atoms with Gasteiger partial charge in [-0.15, -0.1) is 0 Å². The Kier molecular flexibility index (Phi) is 4.65. The Balaban J connectivity index is 1.77. The fraction of sp³-hybridized carbons (Fsp3) is 0.174. The van der Waals surface area contributed by atoms with E-state index in [1.54, 1.807) is 31.4 Å². The number of nitrogens with zero attached hydrogens (tertiary/aromatic N) is 1. The maximum absolute atomic E-state index is 12.9. The molecule has 142 valence electrons. The maximum atomic E-state index is 12.9. The third-order valence-electron chi connectivity index (χ3n) is 4.73. The van der Waals surface area contributed by atoms with Gasteiger partial charge in [-0.05, 0) is 53.9 Å². The van der Waals surface area contributed by atoms with E-state index >= 15 is 0 Å². The molecule has 5 nitrogen and oxygen atoms in total. The zero-order chi connectivity index (χ0) is 19.7. The summed E-state index contributed by atoms with van der Waals surface area (Å²) in [7, 11) is 5.58. The van der Waals surface area contributed by atoms with E-state index in [1.807, 2.05) is 49.3 Å². The van der Waals surface area contributed by atoms with Gasteiger partial charge in [0.1, 0.15) is 23.9 Å². The highest BCUT2D eigenvalue weighted by molar-refractivity contribution is 6.05. The van der Waals surface area contributed by atoms with Crippen LogP contribution in [0.1, 0.15) is 15.9 Å². The highest BCUT2D eigenvalue weighted by Gasteiger charge is 2.21. The van der Waals surface area contributed by atoms with Gasteiger partial charge in [-0.25, -0.2) is 4.79 Å². The Morgan fingerprint density at radius 1 is 1.04 bits per heavy atom. The van der Waals surface area contributed by atoms with E-state index in [1.165, 1.54) is 0 Å². The van der Waals surface area contributed by atoms with Gasteiger partial charge in [0.15, 0.2) is 0 Å². The van der Waals surface area contributed by atoms with Crippen LogP contribution in [-0.2, 0) is 0 Å². The van der Waals surface area contributed by atoms with Gasteiger partial charge in [0.05, 0.1) is 12.7 Å². The minimum Gasteiger partial charge on any atom is -0.497 e. The zero-order valence-electron chi connectivity index (χ0n) is 16.1. The molecule has 0 amide bonds. The molecule has 28 heavy (non-hydrogen) atoms. The molecular weight excluding hydrogens is 354 g/mol. The summed E-state index contributed by atoms with van der Waals surface area (Å²) in [6.45, 7) is 0.477. The van der Waals surface area contributed by atoms with Crippen LogP contribution >= 0.6 is 0 Å². The first-order chi connectivity index (χ1) is 13.6. The molecule has 0 N–H and O–H groups in total. The maximum Gasteiger partial charge on any atom is 0.344 e. The summed E-state index contributed by atoms with van der Waals surface area (Å²) in [4.78, 5) is 14.9. The van der Waals surface area contributed by atoms with Crippen molar-refractivity contribution in [3.05, 3.63) is 65.7 Å². The minimum absolute atomic E-state index is 0.421. The third kappa shape index (κ3) is 3.27. The smallest absolute Gasteiger partial charge is 0.344 e. The average Bonchev–Trinajstić information content (AvgIpc) is 2.73. The van der Waals surface area contributed by atoms with E-state index < -0.39 is 5.97 Å². The lowest BCUT2D eigenvalue weighted by atomic mass is 9.97. The topological polar surface area (TPSA) is 48.0 Å². The van der Waals surface area contributed by atoms with Gasteiger partial charge in [-0.3, -0.25) is 0 Å². The van der Waals surface area contributed by atoms with Crippen LogP contribution in [0.25, 0.3) is 16.8 Å². The molecule has 0 atom stereocenters. The van der Waals surface area contributed by atoms with Gasteiger partial charge >= 0.3 is 5.97 Å². The van der Waals surface area contributed by atoms with E-state index in [0.29, 0.717) is 29.4 Å². The highest BCUT2D eigenvalue weighted by atomic mass is 16.5. The van der Waals surface area contributed by atoms with Crippen LogP contribution in [0.3, 0.4) is 0 Å². The van der Waals surface area contributed by atoms with Crippen molar-refractivity contribution in [2.24, 2.45) is 0 Å². The number of rotatable bonds is 4. The SMILES string of the molecule is COc1ccc(OC(=O)c2cc3ccc(N(C)C)cc3c3c2C=CCO3)cc1. The molecule has 0 spiro atoms. The zero-order valence-corrected chi connectivity index (χ0v) is 16.1. The quantitative estimate of drug-likeness (QED) is 0.495. The van der Waals surface area contributed by atoms with Crippen LogP contribution in [0.4, 0.5) is 5.69 Å². The number of hydrogen-bond donors (Lipinski definition) is 0. The Morgan fingerprint density at radius 2 is 1.79 bits per heavy atom. The second-order valence-corrected chi connectivity index (χ2v) is 6.75. The summed E-state index contributed by atoms with van der Waals surface area (Å²) in [5.74, 6) is 1.46. The van der Waals surface area contributed by atoms with Crippen LogP contribution in [0.15, 0.2) is 54.6 Å². The molecule has 1 heterocycles. The van der Waals surface area contributed by atoms with Gasteiger partial charge in [-0.2, -0.15) is 0 Å². The van der Waals surface area contributed by atoms with Crippen LogP contribution in [0.5, 0.6) is 17.2 Å². The van der Waals surface area contributed by atoms with E-state index in [0.717, 1.165) is 22.0 Å². The van der Waals surface area contributed by atoms with Crippen LogP contribution in [0, 0.1) is 0 Å². The van der Waals surface area contributed by atoms with Gasteiger partial charge in [0.25, 0.3) is 0 Å². The van der Waals surface area contributed by atoms with Crippen LogP contribution in [-0.4, -0.2) is 33.8 Å². The largest absolute Gasteiger partial charge is 0.497 e. The third-order valence-corrected chi connectivity index (χ3v) is 4.73. The summed E-state index contributed by atoms with van der Waals surface area (Å²) >= 11 is 0. The molecule has 1 aliphatic heterocycles. The Hall–Kier alpha value is -3.47. The standard InChI is InChI=1S/C23H21NO4/c1-24(2)16-7-6-15-13-21(19-5-4-12-27-22(19)20(15)14-16)23(25)28-18-10-8-17(26-3)9-11-18/h4-11,13-14H,12H2,1-3H3. The van der Waals surface area contributed by atoms with Crippen molar-refractivity contribution in [3.8, 4) is 17.2 Å². The lowest BCUT2D eigenvalue weighted by Crippen LogP contribution is -2.13. The number of carbonyl (C=O) groups is 1.